The molecule has 0 spiro atoms. The maximum Gasteiger partial charge on any atom is 0.460 e. The number of Topliss-reactive ketones (excluding diaryl/α,β-unsaturated/α-hetero) is 1. The van der Waals surface area contributed by atoms with Gasteiger partial charge in [-0.2, -0.15) is 30.7 Å². The first-order valence-corrected chi connectivity index (χ1v) is 22.2. The number of ketones is 1. The van der Waals surface area contributed by atoms with Crippen molar-refractivity contribution in [1.82, 2.24) is 0 Å². The summed E-state index contributed by atoms with van der Waals surface area (Å²) in [4.78, 5) is 23.0. The fraction of sp³-hybridized carbons (Fsp3) is 0.0833. The summed E-state index contributed by atoms with van der Waals surface area (Å²) < 4.78 is 121. The first-order chi connectivity index (χ1) is 29.9. The van der Waals surface area contributed by atoms with E-state index in [2.05, 4.69) is 11.0 Å². The van der Waals surface area contributed by atoms with Gasteiger partial charge in [-0.25, -0.2) is 4.79 Å². The molecule has 7 aromatic rings. The molecule has 0 fully saturated rings. The molecule has 0 aliphatic carbocycles. The van der Waals surface area contributed by atoms with E-state index in [0.29, 0.717) is 0 Å². The van der Waals surface area contributed by atoms with E-state index in [-0.39, 0.29) is 55.0 Å². The van der Waals surface area contributed by atoms with Crippen molar-refractivity contribution < 1.29 is 104 Å². The molecule has 0 atom stereocenters. The van der Waals surface area contributed by atoms with E-state index in [1.165, 1.54) is 12.1 Å². The molecule has 1 heterocycles. The largest absolute Gasteiger partial charge is 0.506 e. The average Bonchev–Trinajstić information content (AvgIpc) is 3.30. The zero-order chi connectivity index (χ0) is 46.1. The molecular formula is C48H37EuF7O6P2. The number of allylic oxidation sites excluding steroid dienone is 3. The molecule has 331 valence electrons. The van der Waals surface area contributed by atoms with Crippen LogP contribution in [0.1, 0.15) is 17.3 Å². The van der Waals surface area contributed by atoms with Gasteiger partial charge in [-0.05, 0) is 19.1 Å². The van der Waals surface area contributed by atoms with Gasteiger partial charge < -0.3 is 18.7 Å². The van der Waals surface area contributed by atoms with Crippen LogP contribution in [0.15, 0.2) is 209 Å². The summed E-state index contributed by atoms with van der Waals surface area (Å²) >= 11 is 0. The average molecular weight is 1060 g/mol. The zero-order valence-corrected chi connectivity index (χ0v) is 37.7. The van der Waals surface area contributed by atoms with Gasteiger partial charge in [-0.15, -0.1) is 0 Å². The number of para-hydroxylation sites is 1. The van der Waals surface area contributed by atoms with Gasteiger partial charge in [0.05, 0.1) is 5.39 Å². The van der Waals surface area contributed by atoms with Crippen LogP contribution in [0, 0.1) is 49.4 Å². The van der Waals surface area contributed by atoms with Crippen molar-refractivity contribution in [2.45, 2.75) is 24.9 Å². The minimum absolute atomic E-state index is 0. The van der Waals surface area contributed by atoms with Gasteiger partial charge in [0.1, 0.15) is 11.3 Å². The van der Waals surface area contributed by atoms with Crippen LogP contribution < -0.4 is 32.1 Å². The summed E-state index contributed by atoms with van der Waals surface area (Å²) in [6.45, 7) is 5.71. The Morgan fingerprint density at radius 3 is 1.28 bits per heavy atom. The Labute approximate surface area is 404 Å². The van der Waals surface area contributed by atoms with Crippen LogP contribution in [0.5, 0.6) is 5.75 Å². The van der Waals surface area contributed by atoms with Crippen molar-refractivity contribution in [3.8, 4) is 5.75 Å². The van der Waals surface area contributed by atoms with Gasteiger partial charge in [-0.3, -0.25) is 4.79 Å². The topological polar surface area (TPSA) is 102 Å². The number of hydrogen-bond acceptors (Lipinski definition) is 6. The van der Waals surface area contributed by atoms with Crippen LogP contribution in [0.3, 0.4) is 0 Å². The van der Waals surface area contributed by atoms with Crippen molar-refractivity contribution in [2.24, 2.45) is 0 Å². The molecule has 6 nitrogen and oxygen atoms in total. The molecule has 0 aliphatic rings. The third kappa shape index (κ3) is 10.6. The van der Waals surface area contributed by atoms with E-state index >= 15 is 0 Å². The van der Waals surface area contributed by atoms with Crippen LogP contribution in [-0.2, 0) is 9.13 Å². The normalized spacial score (nSPS) is 12.1. The molecule has 0 unspecified atom stereocenters. The summed E-state index contributed by atoms with van der Waals surface area (Å²) in [6.07, 6.45) is -3.19. The summed E-state index contributed by atoms with van der Waals surface area (Å²) in [7, 11) is -5.57. The predicted molar refractivity (Wildman–Crippen MR) is 234 cm³/mol. The minimum Gasteiger partial charge on any atom is -0.506 e. The van der Waals surface area contributed by atoms with E-state index in [9.17, 15) is 54.6 Å². The standard InChI is InChI=1S/C18H15OP.C17H17OP.C13H5F7O4.Eu/c19-20(16-10-4-1-5-11-16,17-12-6-2-7-13-17)18-14-8-3-9-15-18;1-3-15(4-2)19(18,16-11-7-5-8-12-16)17-13-9-6-10-14-17;14-11(15,12(16,17)13(18,19)20)9(22)7-8(21)5-3-1-2-4-6(5)24-10(7)23;/h1-15H;3-14H,1H2,2H3;1-4,21H;/b;15-4+;;. The van der Waals surface area contributed by atoms with Crippen LogP contribution in [0.25, 0.3) is 11.0 Å². The molecule has 64 heavy (non-hydrogen) atoms. The molecule has 0 saturated heterocycles. The number of carbonyl (C=O) groups excluding carboxylic acids is 1. The van der Waals surface area contributed by atoms with Gasteiger partial charge in [-0.1, -0.05) is 183 Å². The Hall–Kier alpha value is -4.97. The maximum absolute atomic E-state index is 13.8. The van der Waals surface area contributed by atoms with E-state index in [1.54, 1.807) is 6.08 Å². The third-order valence-corrected chi connectivity index (χ3v) is 15.8. The van der Waals surface area contributed by atoms with E-state index in [0.717, 1.165) is 44.0 Å². The van der Waals surface area contributed by atoms with E-state index in [1.807, 2.05) is 165 Å². The van der Waals surface area contributed by atoms with Crippen LogP contribution in [-0.4, -0.2) is 28.9 Å². The Bertz CT molecular complexity index is 2710. The molecule has 1 N–H and O–H groups in total. The second kappa shape index (κ2) is 21.8. The quantitative estimate of drug-likeness (QED) is 0.0481. The molecule has 0 amide bonds. The fourth-order valence-electron chi connectivity index (χ4n) is 6.32. The van der Waals surface area contributed by atoms with Gasteiger partial charge in [0.2, 0.25) is 5.78 Å². The smallest absolute Gasteiger partial charge is 0.460 e. The number of alkyl halides is 7. The molecule has 0 bridgehead atoms. The van der Waals surface area contributed by atoms with Gasteiger partial charge in [0.15, 0.2) is 19.8 Å². The fourth-order valence-corrected chi connectivity index (χ4v) is 11.7. The van der Waals surface area contributed by atoms with Crippen molar-refractivity contribution in [1.29, 1.82) is 0 Å². The number of hydrogen-bond donors (Lipinski definition) is 1. The van der Waals surface area contributed by atoms with Crippen molar-refractivity contribution in [3.05, 3.63) is 216 Å². The number of carbonyl (C=O) groups is 1. The van der Waals surface area contributed by atoms with Crippen LogP contribution in [0.2, 0.25) is 0 Å². The third-order valence-electron chi connectivity index (χ3n) is 9.52. The van der Waals surface area contributed by atoms with Crippen LogP contribution >= 0.6 is 14.3 Å². The summed E-state index contributed by atoms with van der Waals surface area (Å²) in [6, 6.07) is 52.9. The van der Waals surface area contributed by atoms with Gasteiger partial charge in [0, 0.05) is 81.2 Å². The number of rotatable bonds is 10. The molecule has 1 radical (unpaired) electrons. The molecular weight excluding hydrogens is 1020 g/mol. The van der Waals surface area contributed by atoms with Crippen molar-refractivity contribution in [2.75, 3.05) is 0 Å². The van der Waals surface area contributed by atoms with Crippen molar-refractivity contribution >= 4 is 57.6 Å². The molecule has 16 heteroatoms. The Morgan fingerprint density at radius 2 is 0.938 bits per heavy atom. The predicted octanol–water partition coefficient (Wildman–Crippen LogP) is 10.9. The van der Waals surface area contributed by atoms with Crippen LogP contribution in [0.4, 0.5) is 30.7 Å². The summed E-state index contributed by atoms with van der Waals surface area (Å²) in [5.41, 5.74) is -4.36. The summed E-state index contributed by atoms with van der Waals surface area (Å²) in [5.74, 6) is -17.8. The molecule has 0 aliphatic heterocycles. The molecule has 1 aromatic heterocycles. The first-order valence-electron chi connectivity index (χ1n) is 18.8. The van der Waals surface area contributed by atoms with Gasteiger partial charge >= 0.3 is 23.6 Å². The molecule has 7 rings (SSSR count). The Balaban J connectivity index is 0.000000210. The number of halogens is 7. The number of benzene rings is 6. The van der Waals surface area contributed by atoms with Gasteiger partial charge in [0.25, 0.3) is 0 Å². The van der Waals surface area contributed by atoms with Crippen molar-refractivity contribution in [3.63, 3.8) is 0 Å². The second-order valence-electron chi connectivity index (χ2n) is 13.4. The second-order valence-corrected chi connectivity index (χ2v) is 18.9. The first kappa shape index (κ1) is 51.7. The van der Waals surface area contributed by atoms with E-state index in [4.69, 9.17) is 0 Å². The molecule has 0 saturated carbocycles. The Kier molecular flexibility index (Phi) is 17.6. The zero-order valence-electron chi connectivity index (χ0n) is 33.5. The number of aromatic hydroxyl groups is 1. The summed E-state index contributed by atoms with van der Waals surface area (Å²) in [5, 5.41) is 14.3. The SMILES string of the molecule is C=C/C(=C\C)P(=O)(c1ccccc1)c1ccccc1.O=C(c1c(O)c2ccccc2oc1=O)C(F)(F)C(F)(F)C(F)(F)F.O=P(c1ccccc1)(c1ccccc1)c1ccccc1.[Eu]. The Morgan fingerprint density at radius 1 is 0.594 bits per heavy atom. The molecule has 6 aromatic carbocycles. The van der Waals surface area contributed by atoms with E-state index < -0.39 is 60.4 Å². The minimum atomic E-state index is -6.77. The number of fused-ring (bicyclic) bond motifs is 1. The monoisotopic (exact) mass is 1060 g/mol. The maximum atomic E-state index is 13.8.